The molecule has 5 heteroatoms. The number of carbonyl (C=O) groups is 1. The Labute approximate surface area is 114 Å². The van der Waals surface area contributed by atoms with Crippen molar-refractivity contribution in [3.8, 4) is 0 Å². The van der Waals surface area contributed by atoms with Crippen LogP contribution in [0, 0.1) is 11.7 Å². The number of carbonyl (C=O) groups excluding carboxylic acids is 1. The largest absolute Gasteiger partial charge is 0.393 e. The monoisotopic (exact) mass is 315 g/mol. The van der Waals surface area contributed by atoms with Crippen molar-refractivity contribution in [2.75, 3.05) is 6.54 Å². The Morgan fingerprint density at radius 3 is 2.83 bits per heavy atom. The van der Waals surface area contributed by atoms with Crippen molar-refractivity contribution in [3.63, 3.8) is 0 Å². The van der Waals surface area contributed by atoms with Gasteiger partial charge in [0.1, 0.15) is 5.82 Å². The standard InChI is InChI=1S/C13H15BrFNO2/c14-10-4-9(5-11(15)6-10)13(18)16-7-8-2-1-3-12(8)17/h4-6,8,12,17H,1-3,7H2,(H,16,18). The summed E-state index contributed by atoms with van der Waals surface area (Å²) < 4.78 is 13.7. The minimum atomic E-state index is -0.449. The molecular formula is C13H15BrFNO2. The molecule has 2 N–H and O–H groups in total. The normalized spacial score (nSPS) is 23.1. The summed E-state index contributed by atoms with van der Waals surface area (Å²) >= 11 is 3.15. The number of hydrogen-bond acceptors (Lipinski definition) is 2. The molecule has 1 saturated carbocycles. The molecule has 0 aliphatic heterocycles. The number of aliphatic hydroxyl groups excluding tert-OH is 1. The van der Waals surface area contributed by atoms with Gasteiger partial charge in [-0.25, -0.2) is 4.39 Å². The lowest BCUT2D eigenvalue weighted by molar-refractivity contribution is 0.0916. The number of halogens is 2. The van der Waals surface area contributed by atoms with Crippen LogP contribution < -0.4 is 5.32 Å². The Morgan fingerprint density at radius 1 is 1.44 bits per heavy atom. The summed E-state index contributed by atoms with van der Waals surface area (Å²) in [7, 11) is 0. The molecule has 1 aromatic rings. The van der Waals surface area contributed by atoms with Gasteiger partial charge in [-0.2, -0.15) is 0 Å². The molecule has 0 saturated heterocycles. The van der Waals surface area contributed by atoms with Gasteiger partial charge in [-0.05, 0) is 31.0 Å². The summed E-state index contributed by atoms with van der Waals surface area (Å²) in [4.78, 5) is 11.8. The Hall–Kier alpha value is -0.940. The summed E-state index contributed by atoms with van der Waals surface area (Å²) in [6.45, 7) is 0.439. The van der Waals surface area contributed by atoms with E-state index in [1.165, 1.54) is 12.1 Å². The van der Waals surface area contributed by atoms with Crippen LogP contribution in [-0.2, 0) is 0 Å². The Balaban J connectivity index is 1.95. The minimum Gasteiger partial charge on any atom is -0.393 e. The van der Waals surface area contributed by atoms with Gasteiger partial charge in [0.05, 0.1) is 6.10 Å². The molecule has 3 nitrogen and oxygen atoms in total. The van der Waals surface area contributed by atoms with Crippen LogP contribution in [0.15, 0.2) is 22.7 Å². The molecule has 1 amide bonds. The van der Waals surface area contributed by atoms with Crippen LogP contribution in [0.2, 0.25) is 0 Å². The van der Waals surface area contributed by atoms with Crippen molar-refractivity contribution in [2.45, 2.75) is 25.4 Å². The molecule has 1 aliphatic carbocycles. The summed E-state index contributed by atoms with van der Waals surface area (Å²) in [6.07, 6.45) is 2.39. The molecule has 2 rings (SSSR count). The minimum absolute atomic E-state index is 0.117. The molecule has 0 heterocycles. The quantitative estimate of drug-likeness (QED) is 0.900. The maximum atomic E-state index is 13.1. The van der Waals surface area contributed by atoms with Gasteiger partial charge in [-0.1, -0.05) is 22.4 Å². The first-order chi connectivity index (χ1) is 8.56. The molecule has 0 aromatic heterocycles. The van der Waals surface area contributed by atoms with Gasteiger partial charge < -0.3 is 10.4 Å². The van der Waals surface area contributed by atoms with Crippen LogP contribution in [0.3, 0.4) is 0 Å². The topological polar surface area (TPSA) is 49.3 Å². The van der Waals surface area contributed by atoms with E-state index in [1.54, 1.807) is 6.07 Å². The first-order valence-electron chi connectivity index (χ1n) is 5.98. The molecule has 2 unspecified atom stereocenters. The fourth-order valence-corrected chi connectivity index (χ4v) is 2.73. The lowest BCUT2D eigenvalue weighted by Crippen LogP contribution is -2.32. The van der Waals surface area contributed by atoms with E-state index in [2.05, 4.69) is 21.2 Å². The van der Waals surface area contributed by atoms with Crippen molar-refractivity contribution in [1.82, 2.24) is 5.32 Å². The van der Waals surface area contributed by atoms with E-state index in [9.17, 15) is 14.3 Å². The highest BCUT2D eigenvalue weighted by atomic mass is 79.9. The highest BCUT2D eigenvalue weighted by molar-refractivity contribution is 9.10. The maximum Gasteiger partial charge on any atom is 0.251 e. The number of benzene rings is 1. The highest BCUT2D eigenvalue weighted by Crippen LogP contribution is 2.24. The molecule has 1 aromatic carbocycles. The Kier molecular flexibility index (Phi) is 4.35. The number of nitrogens with one attached hydrogen (secondary N) is 1. The van der Waals surface area contributed by atoms with Crippen LogP contribution in [0.4, 0.5) is 4.39 Å². The van der Waals surface area contributed by atoms with Gasteiger partial charge in [-0.3, -0.25) is 4.79 Å². The molecular weight excluding hydrogens is 301 g/mol. The van der Waals surface area contributed by atoms with Crippen molar-refractivity contribution < 1.29 is 14.3 Å². The van der Waals surface area contributed by atoms with Gasteiger partial charge >= 0.3 is 0 Å². The predicted octanol–water partition coefficient (Wildman–Crippen LogP) is 2.48. The van der Waals surface area contributed by atoms with Crippen molar-refractivity contribution in [3.05, 3.63) is 34.1 Å². The third-order valence-electron chi connectivity index (χ3n) is 3.27. The lowest BCUT2D eigenvalue weighted by atomic mass is 10.1. The second-order valence-corrected chi connectivity index (χ2v) is 5.54. The van der Waals surface area contributed by atoms with E-state index in [-0.39, 0.29) is 23.5 Å². The van der Waals surface area contributed by atoms with E-state index in [0.717, 1.165) is 19.3 Å². The van der Waals surface area contributed by atoms with E-state index in [0.29, 0.717) is 11.0 Å². The average molecular weight is 316 g/mol. The SMILES string of the molecule is O=C(NCC1CCCC1O)c1cc(F)cc(Br)c1. The first-order valence-corrected chi connectivity index (χ1v) is 6.78. The van der Waals surface area contributed by atoms with Gasteiger partial charge in [0.15, 0.2) is 0 Å². The van der Waals surface area contributed by atoms with E-state index < -0.39 is 5.82 Å². The van der Waals surface area contributed by atoms with E-state index >= 15 is 0 Å². The van der Waals surface area contributed by atoms with Gasteiger partial charge in [0.25, 0.3) is 5.91 Å². The van der Waals surface area contributed by atoms with Gasteiger partial charge in [0, 0.05) is 22.5 Å². The molecule has 0 bridgehead atoms. The second kappa shape index (κ2) is 5.80. The first kappa shape index (κ1) is 13.5. The van der Waals surface area contributed by atoms with Crippen LogP contribution >= 0.6 is 15.9 Å². The van der Waals surface area contributed by atoms with Crippen LogP contribution in [-0.4, -0.2) is 23.7 Å². The van der Waals surface area contributed by atoms with E-state index in [1.807, 2.05) is 0 Å². The second-order valence-electron chi connectivity index (χ2n) is 4.63. The van der Waals surface area contributed by atoms with Crippen LogP contribution in [0.5, 0.6) is 0 Å². The van der Waals surface area contributed by atoms with E-state index in [4.69, 9.17) is 0 Å². The third kappa shape index (κ3) is 3.29. The Morgan fingerprint density at radius 2 is 2.22 bits per heavy atom. The molecule has 2 atom stereocenters. The fourth-order valence-electron chi connectivity index (χ4n) is 2.27. The fraction of sp³-hybridized carbons (Fsp3) is 0.462. The lowest BCUT2D eigenvalue weighted by Gasteiger charge is -2.15. The zero-order valence-corrected chi connectivity index (χ0v) is 11.4. The summed E-state index contributed by atoms with van der Waals surface area (Å²) in [5, 5.41) is 12.4. The summed E-state index contributed by atoms with van der Waals surface area (Å²) in [5.41, 5.74) is 0.286. The third-order valence-corrected chi connectivity index (χ3v) is 3.73. The predicted molar refractivity (Wildman–Crippen MR) is 69.8 cm³/mol. The number of aliphatic hydroxyl groups is 1. The maximum absolute atomic E-state index is 13.1. The summed E-state index contributed by atoms with van der Waals surface area (Å²) in [6, 6.07) is 4.08. The van der Waals surface area contributed by atoms with Crippen molar-refractivity contribution in [1.29, 1.82) is 0 Å². The molecule has 98 valence electrons. The summed E-state index contributed by atoms with van der Waals surface area (Å²) in [5.74, 6) is -0.643. The molecule has 0 radical (unpaired) electrons. The number of rotatable bonds is 3. The molecule has 18 heavy (non-hydrogen) atoms. The zero-order valence-electron chi connectivity index (χ0n) is 9.83. The molecule has 1 fully saturated rings. The van der Waals surface area contributed by atoms with Crippen LogP contribution in [0.1, 0.15) is 29.6 Å². The van der Waals surface area contributed by atoms with Crippen molar-refractivity contribution >= 4 is 21.8 Å². The van der Waals surface area contributed by atoms with Crippen molar-refractivity contribution in [2.24, 2.45) is 5.92 Å². The highest BCUT2D eigenvalue weighted by Gasteiger charge is 2.25. The smallest absolute Gasteiger partial charge is 0.251 e. The van der Waals surface area contributed by atoms with Gasteiger partial charge in [0.2, 0.25) is 0 Å². The number of hydrogen-bond donors (Lipinski definition) is 2. The zero-order chi connectivity index (χ0) is 13.1. The molecule has 0 spiro atoms. The molecule has 1 aliphatic rings. The van der Waals surface area contributed by atoms with Gasteiger partial charge in [-0.15, -0.1) is 0 Å². The Bertz CT molecular complexity index is 432. The number of amides is 1. The van der Waals surface area contributed by atoms with Crippen LogP contribution in [0.25, 0.3) is 0 Å². The average Bonchev–Trinajstić information content (AvgIpc) is 2.70.